The predicted molar refractivity (Wildman–Crippen MR) is 313 cm³/mol. The number of likely N-dealkylation sites (N-methyl/N-ethyl adjacent to an activating group) is 2. The van der Waals surface area contributed by atoms with Gasteiger partial charge in [0, 0.05) is 87.5 Å². The number of phenolic OH excluding ortho intramolecular Hbond substituents is 2. The average Bonchev–Trinajstić information content (AvgIpc) is 0.966. The molecule has 0 saturated carbocycles. The van der Waals surface area contributed by atoms with E-state index in [-0.39, 0.29) is 113 Å². The summed E-state index contributed by atoms with van der Waals surface area (Å²) in [6.07, 6.45) is 1.46. The number of nitrogens with one attached hydrogen (secondary N) is 2. The molecule has 2 fully saturated rings. The highest BCUT2D eigenvalue weighted by atomic mass is 32.2. The number of ether oxygens (including phenoxy) is 4. The number of methoxy groups -OCH3 is 4. The van der Waals surface area contributed by atoms with Gasteiger partial charge in [-0.2, -0.15) is 10.5 Å². The molecule has 2 saturated heterocycles. The van der Waals surface area contributed by atoms with Crippen molar-refractivity contribution in [1.82, 2.24) is 24.9 Å². The lowest BCUT2D eigenvalue weighted by Crippen LogP contribution is -2.71. The molecule has 3 aromatic carbocycles. The number of hydrogen-bond donors (Lipinski definition) is 5. The summed E-state index contributed by atoms with van der Waals surface area (Å²) >= 11 is 1.23. The van der Waals surface area contributed by atoms with E-state index in [0.29, 0.717) is 46.6 Å². The number of nitrogens with zero attached hydrogens (tertiary/aromatic N) is 7. The van der Waals surface area contributed by atoms with Crippen LogP contribution in [0.15, 0.2) is 92.4 Å². The standard InChI is InChI=1S/C36H40N6O6S.C26H30N4O5/c1-18-12-21-13-24-26(15-37)42-25(30(41(24)4)28(21)32(44)34(18)47-5)14-23-29(33(45)35(48-6)19(2)31(23)43)27(42)16-38-36(46)20(3)39-17-49-40-22-10-8-7-9-11-22;1-11-6-13-7-15-17(9-27)30-16(21(29(15)3)19(13)23(32)25(11)34-4)8-14-20(18(30)10-28)24(33)26(35-5)12(2)22(14)31/h7-12,17,20,24-27,30,40,44H,13-14,16H2,1-6H3,(H,38,46);6,15-18,21,32H,7-8,10,28H2,1-5H3/t20?,24-,25?,26-,27-,30-;15-,16?,17-,18?,21-/m00/s1. The SMILES string of the molecule is COC1=C(C)C(=O)C2=C(C1=O)C(CN)N1C(C2)[C@H]2c3c(cc(C)c(OC)c3O)C[C@@H]([C@@H]1C#N)N2C.COC1=C(C)C(=O)C2=C(C1=O)[C@H](CNC(=O)C(C)N=CSNc1ccccc1)N1C(C2)[C@H]2c3c(cc(C)c(OC)c3O)C[C@@H]([C@@H]1C#N)N2C. The van der Waals surface area contributed by atoms with Crippen LogP contribution >= 0.6 is 11.9 Å². The normalized spacial score (nSPS) is 27.7. The fourth-order valence-corrected chi connectivity index (χ4v) is 15.4. The number of para-hydroxylation sites is 1. The summed E-state index contributed by atoms with van der Waals surface area (Å²) in [6.45, 7) is 8.63. The Morgan fingerprint density at radius 3 is 1.60 bits per heavy atom. The minimum absolute atomic E-state index is 0.0305. The molecule has 21 nitrogen and oxygen atoms in total. The third-order valence-corrected chi connectivity index (χ3v) is 19.1. The number of allylic oxidation sites excluding steroid dienone is 4. The Labute approximate surface area is 492 Å². The summed E-state index contributed by atoms with van der Waals surface area (Å²) in [4.78, 5) is 80.8. The second kappa shape index (κ2) is 23.3. The van der Waals surface area contributed by atoms with Gasteiger partial charge in [-0.1, -0.05) is 30.3 Å². The van der Waals surface area contributed by atoms with E-state index < -0.39 is 48.1 Å². The summed E-state index contributed by atoms with van der Waals surface area (Å²) in [5.41, 5.74) is 15.5. The molecule has 0 spiro atoms. The van der Waals surface area contributed by atoms with Crippen LogP contribution in [0.3, 0.4) is 0 Å². The number of phenols is 2. The van der Waals surface area contributed by atoms with Gasteiger partial charge in [-0.3, -0.25) is 48.6 Å². The van der Waals surface area contributed by atoms with Crippen LogP contribution in [0.2, 0.25) is 0 Å². The first kappa shape index (κ1) is 59.3. The van der Waals surface area contributed by atoms with Crippen LogP contribution in [0.25, 0.3) is 0 Å². The predicted octanol–water partition coefficient (Wildman–Crippen LogP) is 4.90. The van der Waals surface area contributed by atoms with Crippen molar-refractivity contribution in [2.75, 3.05) is 60.3 Å². The number of rotatable bonds is 12. The number of aliphatic imine (C=N–C) groups is 1. The van der Waals surface area contributed by atoms with Gasteiger partial charge >= 0.3 is 0 Å². The Morgan fingerprint density at radius 2 is 1.17 bits per heavy atom. The number of carbonyl (C=O) groups excluding carboxylic acids is 5. The molecule has 1 amide bonds. The van der Waals surface area contributed by atoms with E-state index in [1.54, 1.807) is 26.3 Å². The topological polar surface area (TPSA) is 286 Å². The van der Waals surface area contributed by atoms with Gasteiger partial charge in [-0.25, -0.2) is 0 Å². The van der Waals surface area contributed by atoms with E-state index in [0.717, 1.165) is 33.5 Å². The molecule has 84 heavy (non-hydrogen) atoms. The molecule has 0 radical (unpaired) electrons. The molecule has 11 atom stereocenters. The average molecular weight is 1160 g/mol. The fraction of sp³-hybridized carbons (Fsp3) is 0.452. The van der Waals surface area contributed by atoms with E-state index in [1.807, 2.05) is 80.2 Å². The van der Waals surface area contributed by atoms with E-state index in [9.17, 15) is 44.7 Å². The highest BCUT2D eigenvalue weighted by molar-refractivity contribution is 8.13. The maximum absolute atomic E-state index is 14.1. The van der Waals surface area contributed by atoms with E-state index in [4.69, 9.17) is 24.7 Å². The first-order valence-electron chi connectivity index (χ1n) is 27.9. The molecule has 2 aliphatic carbocycles. The minimum Gasteiger partial charge on any atom is -0.504 e. The van der Waals surface area contributed by atoms with Crippen LogP contribution in [0, 0.1) is 36.5 Å². The molecule has 4 unspecified atom stereocenters. The molecule has 4 bridgehead atoms. The monoisotopic (exact) mass is 1160 g/mol. The fourth-order valence-electron chi connectivity index (χ4n) is 14.8. The van der Waals surface area contributed by atoms with Crippen molar-refractivity contribution in [2.45, 2.75) is 127 Å². The van der Waals surface area contributed by atoms with Crippen molar-refractivity contribution in [3.05, 3.63) is 121 Å². The Hall–Kier alpha value is -7.83. The molecule has 6 heterocycles. The summed E-state index contributed by atoms with van der Waals surface area (Å²) < 4.78 is 25.0. The van der Waals surface area contributed by atoms with Crippen LogP contribution in [0.1, 0.15) is 79.1 Å². The van der Waals surface area contributed by atoms with Crippen molar-refractivity contribution in [3.63, 3.8) is 0 Å². The molecule has 440 valence electrons. The number of amides is 1. The van der Waals surface area contributed by atoms with E-state index in [2.05, 4.69) is 37.0 Å². The number of piperazine rings is 2. The maximum atomic E-state index is 14.1. The first-order chi connectivity index (χ1) is 40.2. The van der Waals surface area contributed by atoms with Gasteiger partial charge in [0.2, 0.25) is 17.5 Å². The second-order valence-corrected chi connectivity index (χ2v) is 23.2. The van der Waals surface area contributed by atoms with Crippen molar-refractivity contribution in [3.8, 4) is 35.1 Å². The third-order valence-electron chi connectivity index (χ3n) is 18.5. The number of aryl methyl sites for hydroxylation is 2. The summed E-state index contributed by atoms with van der Waals surface area (Å²) in [5.74, 6) is -0.761. The first-order valence-corrected chi connectivity index (χ1v) is 28.8. The summed E-state index contributed by atoms with van der Waals surface area (Å²) in [5, 5.41) is 46.9. The lowest BCUT2D eigenvalue weighted by Gasteiger charge is -2.60. The molecule has 8 aliphatic rings. The molecule has 22 heteroatoms. The molecule has 6 N–H and O–H groups in total. The Balaban J connectivity index is 0.000000198. The summed E-state index contributed by atoms with van der Waals surface area (Å²) in [7, 11) is 9.66. The van der Waals surface area contributed by atoms with Crippen LogP contribution in [0.4, 0.5) is 5.69 Å². The van der Waals surface area contributed by atoms with Gasteiger partial charge in [-0.05, 0) is 121 Å². The number of nitrogens with two attached hydrogens (primary N) is 1. The smallest absolute Gasteiger partial charge is 0.244 e. The molecule has 0 aromatic heterocycles. The van der Waals surface area contributed by atoms with Crippen LogP contribution in [-0.2, 0) is 46.3 Å². The molecule has 6 aliphatic heterocycles. The number of aromatic hydroxyl groups is 2. The second-order valence-electron chi connectivity index (χ2n) is 22.6. The van der Waals surface area contributed by atoms with E-state index >= 15 is 0 Å². The number of ketones is 4. The largest absolute Gasteiger partial charge is 0.504 e. The molecular weight excluding hydrogens is 1090 g/mol. The van der Waals surface area contributed by atoms with Crippen LogP contribution < -0.4 is 25.2 Å². The lowest BCUT2D eigenvalue weighted by atomic mass is 9.69. The molecular formula is C62H70N10O11S. The highest BCUT2D eigenvalue weighted by Gasteiger charge is 2.60. The van der Waals surface area contributed by atoms with Gasteiger partial charge in [0.15, 0.2) is 46.1 Å². The Kier molecular flexibility index (Phi) is 16.5. The molecule has 11 rings (SSSR count). The van der Waals surface area contributed by atoms with Gasteiger partial charge in [-0.15, -0.1) is 0 Å². The number of benzene rings is 3. The third kappa shape index (κ3) is 9.34. The van der Waals surface area contributed by atoms with Gasteiger partial charge < -0.3 is 44.9 Å². The van der Waals surface area contributed by atoms with Crippen molar-refractivity contribution in [1.29, 1.82) is 10.5 Å². The van der Waals surface area contributed by atoms with Crippen molar-refractivity contribution in [2.24, 2.45) is 10.7 Å². The molecule has 3 aromatic rings. The zero-order valence-corrected chi connectivity index (χ0v) is 49.7. The number of Topliss-reactive ketones (excluding diaryl/α,β-unsaturated/α-hetero) is 4. The lowest BCUT2D eigenvalue weighted by molar-refractivity contribution is -0.125. The van der Waals surface area contributed by atoms with Gasteiger partial charge in [0.25, 0.3) is 0 Å². The summed E-state index contributed by atoms with van der Waals surface area (Å²) in [6, 6.07) is 13.1. The maximum Gasteiger partial charge on any atom is 0.244 e. The number of hydrogen-bond acceptors (Lipinski definition) is 21. The minimum atomic E-state index is -0.822. The van der Waals surface area contributed by atoms with Crippen molar-refractivity contribution < 1.29 is 53.1 Å². The zero-order chi connectivity index (χ0) is 60.5. The van der Waals surface area contributed by atoms with Gasteiger partial charge in [0.1, 0.15) is 18.1 Å². The van der Waals surface area contributed by atoms with Crippen LogP contribution in [0.5, 0.6) is 23.0 Å². The van der Waals surface area contributed by atoms with Crippen LogP contribution in [-0.4, -0.2) is 174 Å². The number of nitriles is 2. The number of fused-ring (bicyclic) bond motifs is 12. The van der Waals surface area contributed by atoms with E-state index in [1.165, 1.54) is 40.4 Å². The Bertz CT molecular complexity index is 3550. The Morgan fingerprint density at radius 1 is 0.714 bits per heavy atom. The number of anilines is 1. The quantitative estimate of drug-likeness (QED) is 0.0698. The zero-order valence-electron chi connectivity index (χ0n) is 48.9. The highest BCUT2D eigenvalue weighted by Crippen LogP contribution is 2.56. The van der Waals surface area contributed by atoms with Crippen molar-refractivity contribution >= 4 is 52.2 Å². The number of carbonyl (C=O) groups is 5. The van der Waals surface area contributed by atoms with Gasteiger partial charge in [0.05, 0.1) is 70.3 Å².